The van der Waals surface area contributed by atoms with Crippen molar-refractivity contribution < 1.29 is 14.1 Å². The second kappa shape index (κ2) is 7.00. The van der Waals surface area contributed by atoms with Crippen molar-refractivity contribution in [3.63, 3.8) is 0 Å². The summed E-state index contributed by atoms with van der Waals surface area (Å²) in [6.45, 7) is 1.26. The van der Waals surface area contributed by atoms with Crippen molar-refractivity contribution in [2.45, 2.75) is 18.8 Å². The predicted octanol–water partition coefficient (Wildman–Crippen LogP) is 3.33. The first-order chi connectivity index (χ1) is 11.6. The number of carbonyl (C=O) groups excluding carboxylic acids is 1. The molecule has 2 amide bonds. The molecule has 3 rings (SSSR count). The van der Waals surface area contributed by atoms with E-state index in [4.69, 9.17) is 26.6 Å². The number of anilines is 2. The number of nitrogens with two attached hydrogens (primary N) is 1. The monoisotopic (exact) mass is 350 g/mol. The van der Waals surface area contributed by atoms with Gasteiger partial charge in [0.1, 0.15) is 5.75 Å². The van der Waals surface area contributed by atoms with Gasteiger partial charge in [0, 0.05) is 30.1 Å². The molecule has 0 saturated carbocycles. The van der Waals surface area contributed by atoms with Crippen LogP contribution in [0.1, 0.15) is 24.5 Å². The number of nitrogen functional groups attached to an aromatic ring is 1. The normalized spacial score (nSPS) is 15.3. The van der Waals surface area contributed by atoms with Gasteiger partial charge < -0.3 is 25.2 Å². The number of methoxy groups -OCH3 is 1. The zero-order chi connectivity index (χ0) is 17.1. The summed E-state index contributed by atoms with van der Waals surface area (Å²) in [7, 11) is 1.55. The lowest BCUT2D eigenvalue weighted by molar-refractivity contribution is 0.193. The molecule has 0 atom stereocenters. The molecule has 0 spiro atoms. The molecule has 24 heavy (non-hydrogen) atoms. The summed E-state index contributed by atoms with van der Waals surface area (Å²) in [5.41, 5.74) is 6.97. The van der Waals surface area contributed by atoms with Crippen LogP contribution in [0.4, 0.5) is 16.4 Å². The number of piperidine rings is 1. The van der Waals surface area contributed by atoms with Crippen molar-refractivity contribution in [3.05, 3.63) is 35.0 Å². The number of benzene rings is 1. The van der Waals surface area contributed by atoms with Crippen LogP contribution >= 0.6 is 11.6 Å². The molecule has 7 nitrogen and oxygen atoms in total. The number of amides is 2. The Morgan fingerprint density at radius 1 is 1.42 bits per heavy atom. The average molecular weight is 351 g/mol. The fourth-order valence-corrected chi connectivity index (χ4v) is 3.02. The molecule has 8 heteroatoms. The zero-order valence-electron chi connectivity index (χ0n) is 13.3. The van der Waals surface area contributed by atoms with Gasteiger partial charge in [-0.05, 0) is 31.0 Å². The summed E-state index contributed by atoms with van der Waals surface area (Å²) in [6.07, 6.45) is 1.62. The van der Waals surface area contributed by atoms with Gasteiger partial charge >= 0.3 is 6.03 Å². The summed E-state index contributed by atoms with van der Waals surface area (Å²) in [4.78, 5) is 14.2. The maximum Gasteiger partial charge on any atom is 0.321 e. The maximum atomic E-state index is 12.5. The van der Waals surface area contributed by atoms with Gasteiger partial charge in [-0.1, -0.05) is 16.8 Å². The minimum absolute atomic E-state index is 0.173. The molecule has 1 aliphatic heterocycles. The number of likely N-dealkylation sites (tertiary alicyclic amines) is 1. The largest absolute Gasteiger partial charge is 0.495 e. The van der Waals surface area contributed by atoms with Crippen LogP contribution in [0.5, 0.6) is 5.75 Å². The number of nitrogens with zero attached hydrogens (tertiary/aromatic N) is 2. The van der Waals surface area contributed by atoms with Gasteiger partial charge in [-0.3, -0.25) is 0 Å². The fourth-order valence-electron chi connectivity index (χ4n) is 2.85. The Kier molecular flexibility index (Phi) is 4.80. The van der Waals surface area contributed by atoms with Gasteiger partial charge in [0.25, 0.3) is 0 Å². The average Bonchev–Trinajstić information content (AvgIpc) is 3.02. The molecule has 1 fully saturated rings. The van der Waals surface area contributed by atoms with E-state index < -0.39 is 0 Å². The van der Waals surface area contributed by atoms with Crippen LogP contribution in [0.15, 0.2) is 28.8 Å². The van der Waals surface area contributed by atoms with Crippen molar-refractivity contribution in [2.75, 3.05) is 31.2 Å². The van der Waals surface area contributed by atoms with E-state index in [0.717, 1.165) is 18.5 Å². The summed E-state index contributed by atoms with van der Waals surface area (Å²) < 4.78 is 10.2. The Balaban J connectivity index is 1.60. The lowest BCUT2D eigenvalue weighted by atomic mass is 9.94. The number of aromatic nitrogens is 1. The molecule has 1 saturated heterocycles. The van der Waals surface area contributed by atoms with Crippen molar-refractivity contribution in [1.82, 2.24) is 10.1 Å². The molecular weight excluding hydrogens is 332 g/mol. The third-order valence-corrected chi connectivity index (χ3v) is 4.39. The fraction of sp³-hybridized carbons (Fsp3) is 0.375. The number of carbonyl (C=O) groups is 1. The smallest absolute Gasteiger partial charge is 0.321 e. The van der Waals surface area contributed by atoms with Crippen LogP contribution in [0.25, 0.3) is 0 Å². The Morgan fingerprint density at radius 2 is 2.17 bits per heavy atom. The van der Waals surface area contributed by atoms with Crippen molar-refractivity contribution in [3.8, 4) is 5.75 Å². The number of hydrogen-bond acceptors (Lipinski definition) is 5. The number of urea groups is 1. The molecule has 1 aromatic heterocycles. The van der Waals surface area contributed by atoms with E-state index in [-0.39, 0.29) is 11.9 Å². The van der Waals surface area contributed by atoms with Crippen LogP contribution in [0.2, 0.25) is 5.02 Å². The minimum atomic E-state index is -0.173. The Labute approximate surface area is 144 Å². The summed E-state index contributed by atoms with van der Waals surface area (Å²) in [5.74, 6) is 1.15. The third-order valence-electron chi connectivity index (χ3n) is 4.15. The van der Waals surface area contributed by atoms with Gasteiger partial charge in [0.05, 0.1) is 18.5 Å². The molecule has 128 valence electrons. The highest BCUT2D eigenvalue weighted by atomic mass is 35.5. The lowest BCUT2D eigenvalue weighted by Crippen LogP contribution is -2.40. The highest BCUT2D eigenvalue weighted by Crippen LogP contribution is 2.30. The highest BCUT2D eigenvalue weighted by Gasteiger charge is 2.26. The van der Waals surface area contributed by atoms with E-state index in [1.165, 1.54) is 0 Å². The van der Waals surface area contributed by atoms with Crippen LogP contribution in [-0.4, -0.2) is 36.3 Å². The second-order valence-electron chi connectivity index (χ2n) is 5.69. The maximum absolute atomic E-state index is 12.5. The van der Waals surface area contributed by atoms with E-state index in [1.807, 2.05) is 0 Å². The SMILES string of the molecule is COc1ccc(Cl)cc1NC(=O)N1CCC(c2cc(N)on2)CC1. The van der Waals surface area contributed by atoms with Gasteiger partial charge in [-0.2, -0.15) is 0 Å². The molecule has 0 unspecified atom stereocenters. The molecular formula is C16H19ClN4O3. The van der Waals surface area contributed by atoms with Crippen LogP contribution in [0, 0.1) is 0 Å². The van der Waals surface area contributed by atoms with Crippen LogP contribution < -0.4 is 15.8 Å². The van der Waals surface area contributed by atoms with E-state index in [1.54, 1.807) is 36.3 Å². The third kappa shape index (κ3) is 3.56. The molecule has 0 bridgehead atoms. The topological polar surface area (TPSA) is 93.6 Å². The van der Waals surface area contributed by atoms with Gasteiger partial charge in [-0.25, -0.2) is 4.79 Å². The molecule has 1 aromatic carbocycles. The number of halogens is 1. The van der Waals surface area contributed by atoms with Crippen molar-refractivity contribution >= 4 is 29.2 Å². The quantitative estimate of drug-likeness (QED) is 0.885. The van der Waals surface area contributed by atoms with E-state index >= 15 is 0 Å². The Morgan fingerprint density at radius 3 is 2.79 bits per heavy atom. The van der Waals surface area contributed by atoms with Crippen LogP contribution in [0.3, 0.4) is 0 Å². The Bertz CT molecular complexity index is 726. The zero-order valence-corrected chi connectivity index (χ0v) is 14.0. The summed E-state index contributed by atoms with van der Waals surface area (Å²) in [6, 6.07) is 6.68. The molecule has 1 aliphatic rings. The van der Waals surface area contributed by atoms with E-state index in [9.17, 15) is 4.79 Å². The first-order valence-corrected chi connectivity index (χ1v) is 8.06. The van der Waals surface area contributed by atoms with E-state index in [0.29, 0.717) is 35.4 Å². The standard InChI is InChI=1S/C16H19ClN4O3/c1-23-14-3-2-11(17)8-13(14)19-16(22)21-6-4-10(5-7-21)12-9-15(18)24-20-12/h2-3,8-10H,4-7,18H2,1H3,(H,19,22). The number of ether oxygens (including phenoxy) is 1. The molecule has 0 aliphatic carbocycles. The first kappa shape index (κ1) is 16.4. The Hall–Kier alpha value is -2.41. The van der Waals surface area contributed by atoms with Crippen molar-refractivity contribution in [1.29, 1.82) is 0 Å². The highest BCUT2D eigenvalue weighted by molar-refractivity contribution is 6.31. The molecule has 0 radical (unpaired) electrons. The van der Waals surface area contributed by atoms with Crippen molar-refractivity contribution in [2.24, 2.45) is 0 Å². The number of nitrogens with one attached hydrogen (secondary N) is 1. The summed E-state index contributed by atoms with van der Waals surface area (Å²) in [5, 5.41) is 7.35. The molecule has 2 heterocycles. The molecule has 2 aromatic rings. The predicted molar refractivity (Wildman–Crippen MR) is 91.5 cm³/mol. The second-order valence-corrected chi connectivity index (χ2v) is 6.13. The van der Waals surface area contributed by atoms with Crippen LogP contribution in [-0.2, 0) is 0 Å². The van der Waals surface area contributed by atoms with Gasteiger partial charge in [0.2, 0.25) is 5.88 Å². The molecule has 3 N–H and O–H groups in total. The van der Waals surface area contributed by atoms with Gasteiger partial charge in [0.15, 0.2) is 0 Å². The van der Waals surface area contributed by atoms with E-state index in [2.05, 4.69) is 10.5 Å². The van der Waals surface area contributed by atoms with Gasteiger partial charge in [-0.15, -0.1) is 0 Å². The first-order valence-electron chi connectivity index (χ1n) is 7.68. The minimum Gasteiger partial charge on any atom is -0.495 e. The number of rotatable bonds is 3. The summed E-state index contributed by atoms with van der Waals surface area (Å²) >= 11 is 5.99. The lowest BCUT2D eigenvalue weighted by Gasteiger charge is -2.31. The number of hydrogen-bond donors (Lipinski definition) is 2.